The van der Waals surface area contributed by atoms with E-state index in [1.54, 1.807) is 0 Å². The first-order valence-corrected chi connectivity index (χ1v) is 10.6. The number of benzene rings is 1. The van der Waals surface area contributed by atoms with Crippen molar-refractivity contribution in [3.05, 3.63) is 29.3 Å². The van der Waals surface area contributed by atoms with Crippen LogP contribution in [0, 0.1) is 12.8 Å². The molecule has 0 amide bonds. The molecule has 1 atom stereocenters. The predicted octanol–water partition coefficient (Wildman–Crippen LogP) is 3.90. The summed E-state index contributed by atoms with van der Waals surface area (Å²) in [4.78, 5) is 4.72. The minimum absolute atomic E-state index is 0. The Kier molecular flexibility index (Phi) is 14.1. The van der Waals surface area contributed by atoms with Crippen LogP contribution in [0.1, 0.15) is 44.2 Å². The maximum Gasteiger partial charge on any atom is 0.191 e. The standard InChI is InChI=1S/C22H37N3O3.HI/c1-4-11-28-21-14-18(3)7-8-20(21)15-25-22(23-5-2)24-10-6-12-26-16-19-9-13-27-17-19;/h7-8,14,19H,4-6,9-13,15-17H2,1-3H3,(H2,23,24,25);1H. The van der Waals surface area contributed by atoms with E-state index in [2.05, 4.69) is 49.6 Å². The Morgan fingerprint density at radius 1 is 1.24 bits per heavy atom. The Hall–Kier alpha value is -1.06. The fourth-order valence-electron chi connectivity index (χ4n) is 2.99. The number of nitrogens with one attached hydrogen (secondary N) is 2. The average Bonchev–Trinajstić information content (AvgIpc) is 3.21. The van der Waals surface area contributed by atoms with Gasteiger partial charge in [-0.3, -0.25) is 0 Å². The molecule has 166 valence electrons. The number of hydrogen-bond acceptors (Lipinski definition) is 4. The van der Waals surface area contributed by atoms with Crippen molar-refractivity contribution in [2.75, 3.05) is 46.1 Å². The van der Waals surface area contributed by atoms with E-state index >= 15 is 0 Å². The van der Waals surface area contributed by atoms with Gasteiger partial charge in [-0.1, -0.05) is 19.1 Å². The van der Waals surface area contributed by atoms with Crippen LogP contribution in [0.25, 0.3) is 0 Å². The number of nitrogens with zero attached hydrogens (tertiary/aromatic N) is 1. The second-order valence-corrected chi connectivity index (χ2v) is 7.24. The summed E-state index contributed by atoms with van der Waals surface area (Å²) in [5.74, 6) is 2.34. The molecule has 29 heavy (non-hydrogen) atoms. The molecule has 0 aromatic heterocycles. The summed E-state index contributed by atoms with van der Waals surface area (Å²) in [6.45, 7) is 12.5. The SMILES string of the molecule is CCCOc1cc(C)ccc1CN=C(NCC)NCCCOCC1CCOC1.I. The number of aryl methyl sites for hydroxylation is 1. The highest BCUT2D eigenvalue weighted by atomic mass is 127. The van der Waals surface area contributed by atoms with E-state index in [-0.39, 0.29) is 24.0 Å². The molecule has 0 radical (unpaired) electrons. The molecule has 6 nitrogen and oxygen atoms in total. The third kappa shape index (κ3) is 10.5. The molecule has 1 aliphatic heterocycles. The van der Waals surface area contributed by atoms with Crippen molar-refractivity contribution in [3.63, 3.8) is 0 Å². The molecule has 1 unspecified atom stereocenters. The van der Waals surface area contributed by atoms with Crippen molar-refractivity contribution in [2.24, 2.45) is 10.9 Å². The molecule has 1 aliphatic rings. The van der Waals surface area contributed by atoms with Crippen molar-refractivity contribution in [3.8, 4) is 5.75 Å². The van der Waals surface area contributed by atoms with Crippen LogP contribution >= 0.6 is 24.0 Å². The van der Waals surface area contributed by atoms with Crippen LogP contribution in [-0.4, -0.2) is 52.1 Å². The predicted molar refractivity (Wildman–Crippen MR) is 130 cm³/mol. The van der Waals surface area contributed by atoms with Crippen LogP contribution in [0.2, 0.25) is 0 Å². The van der Waals surface area contributed by atoms with Crippen molar-refractivity contribution in [2.45, 2.75) is 46.6 Å². The lowest BCUT2D eigenvalue weighted by molar-refractivity contribution is 0.0888. The smallest absolute Gasteiger partial charge is 0.191 e. The first-order chi connectivity index (χ1) is 13.7. The number of hydrogen-bond donors (Lipinski definition) is 2. The van der Waals surface area contributed by atoms with Crippen LogP contribution < -0.4 is 15.4 Å². The molecule has 2 N–H and O–H groups in total. The number of aliphatic imine (C=N–C) groups is 1. The summed E-state index contributed by atoms with van der Waals surface area (Å²) < 4.78 is 17.0. The zero-order valence-electron chi connectivity index (χ0n) is 18.2. The molecule has 1 aromatic rings. The number of guanidine groups is 1. The quantitative estimate of drug-likeness (QED) is 0.190. The largest absolute Gasteiger partial charge is 0.493 e. The Morgan fingerprint density at radius 2 is 2.10 bits per heavy atom. The van der Waals surface area contributed by atoms with E-state index in [0.717, 1.165) is 82.7 Å². The first kappa shape index (κ1) is 26.0. The monoisotopic (exact) mass is 519 g/mol. The Morgan fingerprint density at radius 3 is 2.83 bits per heavy atom. The molecular formula is C22H38IN3O3. The summed E-state index contributed by atoms with van der Waals surface area (Å²) in [6, 6.07) is 6.30. The van der Waals surface area contributed by atoms with Gasteiger partial charge in [-0.2, -0.15) is 0 Å². The van der Waals surface area contributed by atoms with E-state index in [1.807, 2.05) is 0 Å². The average molecular weight is 519 g/mol. The van der Waals surface area contributed by atoms with Gasteiger partial charge in [-0.05, 0) is 44.7 Å². The second-order valence-electron chi connectivity index (χ2n) is 7.24. The third-order valence-corrected chi connectivity index (χ3v) is 4.57. The topological polar surface area (TPSA) is 64.1 Å². The van der Waals surface area contributed by atoms with Crippen molar-refractivity contribution < 1.29 is 14.2 Å². The Balaban J connectivity index is 0.00000420. The van der Waals surface area contributed by atoms with Crippen LogP contribution in [0.3, 0.4) is 0 Å². The van der Waals surface area contributed by atoms with Crippen LogP contribution in [0.15, 0.2) is 23.2 Å². The summed E-state index contributed by atoms with van der Waals surface area (Å²) in [6.07, 6.45) is 3.07. The number of halogens is 1. The van der Waals surface area contributed by atoms with Crippen molar-refractivity contribution in [1.82, 2.24) is 10.6 Å². The molecule has 1 saturated heterocycles. The highest BCUT2D eigenvalue weighted by Gasteiger charge is 2.15. The van der Waals surface area contributed by atoms with E-state index in [9.17, 15) is 0 Å². The molecule has 0 spiro atoms. The fourth-order valence-corrected chi connectivity index (χ4v) is 2.99. The van der Waals surface area contributed by atoms with Gasteiger partial charge < -0.3 is 24.8 Å². The lowest BCUT2D eigenvalue weighted by Gasteiger charge is -2.14. The normalized spacial score (nSPS) is 16.4. The van der Waals surface area contributed by atoms with E-state index in [0.29, 0.717) is 12.5 Å². The zero-order chi connectivity index (χ0) is 20.0. The van der Waals surface area contributed by atoms with Crippen LogP contribution in [0.4, 0.5) is 0 Å². The summed E-state index contributed by atoms with van der Waals surface area (Å²) >= 11 is 0. The van der Waals surface area contributed by atoms with Gasteiger partial charge in [-0.25, -0.2) is 4.99 Å². The van der Waals surface area contributed by atoms with Gasteiger partial charge in [0.15, 0.2) is 5.96 Å². The molecule has 2 rings (SSSR count). The summed E-state index contributed by atoms with van der Waals surface area (Å²) in [5.41, 5.74) is 2.31. The van der Waals surface area contributed by atoms with Gasteiger partial charge in [0, 0.05) is 37.8 Å². The molecule has 0 bridgehead atoms. The second kappa shape index (κ2) is 15.7. The summed E-state index contributed by atoms with van der Waals surface area (Å²) in [5, 5.41) is 6.69. The maximum absolute atomic E-state index is 5.89. The summed E-state index contributed by atoms with van der Waals surface area (Å²) in [7, 11) is 0. The Bertz CT molecular complexity index is 593. The lowest BCUT2D eigenvalue weighted by atomic mass is 10.1. The molecule has 1 fully saturated rings. The van der Waals surface area contributed by atoms with Gasteiger partial charge in [0.05, 0.1) is 26.4 Å². The van der Waals surface area contributed by atoms with E-state index < -0.39 is 0 Å². The van der Waals surface area contributed by atoms with E-state index in [4.69, 9.17) is 19.2 Å². The lowest BCUT2D eigenvalue weighted by Crippen LogP contribution is -2.38. The molecule has 1 heterocycles. The minimum atomic E-state index is 0. The van der Waals surface area contributed by atoms with Crippen LogP contribution in [0.5, 0.6) is 5.75 Å². The third-order valence-electron chi connectivity index (χ3n) is 4.57. The van der Waals surface area contributed by atoms with Crippen molar-refractivity contribution >= 4 is 29.9 Å². The Labute approximate surface area is 193 Å². The minimum Gasteiger partial charge on any atom is -0.493 e. The van der Waals surface area contributed by atoms with Gasteiger partial charge in [0.2, 0.25) is 0 Å². The molecule has 7 heteroatoms. The number of ether oxygens (including phenoxy) is 3. The number of rotatable bonds is 12. The molecule has 0 aliphatic carbocycles. The maximum atomic E-state index is 5.89. The highest BCUT2D eigenvalue weighted by molar-refractivity contribution is 14.0. The highest BCUT2D eigenvalue weighted by Crippen LogP contribution is 2.21. The van der Waals surface area contributed by atoms with Gasteiger partial charge >= 0.3 is 0 Å². The van der Waals surface area contributed by atoms with Gasteiger partial charge in [-0.15, -0.1) is 24.0 Å². The fraction of sp³-hybridized carbons (Fsp3) is 0.682. The van der Waals surface area contributed by atoms with Gasteiger partial charge in [0.25, 0.3) is 0 Å². The van der Waals surface area contributed by atoms with Crippen molar-refractivity contribution in [1.29, 1.82) is 0 Å². The van der Waals surface area contributed by atoms with E-state index in [1.165, 1.54) is 5.56 Å². The molecular weight excluding hydrogens is 481 g/mol. The molecule has 0 saturated carbocycles. The van der Waals surface area contributed by atoms with Gasteiger partial charge in [0.1, 0.15) is 5.75 Å². The molecule has 1 aromatic carbocycles. The first-order valence-electron chi connectivity index (χ1n) is 10.6. The zero-order valence-corrected chi connectivity index (χ0v) is 20.5. The van der Waals surface area contributed by atoms with Crippen LogP contribution in [-0.2, 0) is 16.0 Å².